The summed E-state index contributed by atoms with van der Waals surface area (Å²) in [5.41, 5.74) is -0.000344. The van der Waals surface area contributed by atoms with Crippen molar-refractivity contribution in [2.24, 2.45) is 0 Å². The van der Waals surface area contributed by atoms with Crippen molar-refractivity contribution in [1.29, 1.82) is 0 Å². The summed E-state index contributed by atoms with van der Waals surface area (Å²) < 4.78 is 89.3. The molecule has 3 aromatic rings. The molecule has 0 radical (unpaired) electrons. The molecule has 1 aliphatic rings. The second-order valence-electron chi connectivity index (χ2n) is 7.93. The first kappa shape index (κ1) is 24.7. The normalized spacial score (nSPS) is 18.0. The van der Waals surface area contributed by atoms with E-state index in [9.17, 15) is 26.3 Å². The lowest BCUT2D eigenvalue weighted by Gasteiger charge is -2.22. The third-order valence-electron chi connectivity index (χ3n) is 5.43. The molecule has 2 unspecified atom stereocenters. The number of benzene rings is 1. The Morgan fingerprint density at radius 2 is 2.06 bits per heavy atom. The van der Waals surface area contributed by atoms with Gasteiger partial charge in [-0.05, 0) is 44.0 Å². The SMILES string of the molecule is CCN(CC1CCCN1)c1nc2cc(C(OCC(F)(F)F)C(F)(F)F)cc(-c3nccs3)c2o1. The van der Waals surface area contributed by atoms with E-state index in [0.29, 0.717) is 18.1 Å². The summed E-state index contributed by atoms with van der Waals surface area (Å²) in [5, 5.41) is 5.36. The van der Waals surface area contributed by atoms with E-state index in [0.717, 1.165) is 42.9 Å². The number of anilines is 1. The molecule has 4 rings (SSSR count). The molecule has 2 aromatic heterocycles. The molecule has 34 heavy (non-hydrogen) atoms. The minimum atomic E-state index is -5.07. The van der Waals surface area contributed by atoms with Crippen LogP contribution in [0.3, 0.4) is 0 Å². The van der Waals surface area contributed by atoms with Gasteiger partial charge in [-0.3, -0.25) is 0 Å². The highest BCUT2D eigenvalue weighted by molar-refractivity contribution is 7.13. The lowest BCUT2D eigenvalue weighted by atomic mass is 10.0. The molecule has 2 atom stereocenters. The number of aromatic nitrogens is 2. The molecule has 1 aromatic carbocycles. The van der Waals surface area contributed by atoms with Crippen molar-refractivity contribution in [2.45, 2.75) is 44.3 Å². The van der Waals surface area contributed by atoms with Gasteiger partial charge in [0, 0.05) is 30.7 Å². The number of alkyl halides is 6. The van der Waals surface area contributed by atoms with Crippen LogP contribution < -0.4 is 10.2 Å². The number of halogens is 6. The van der Waals surface area contributed by atoms with Crippen LogP contribution in [0.1, 0.15) is 31.4 Å². The number of nitrogens with one attached hydrogen (secondary N) is 1. The Morgan fingerprint density at radius 1 is 1.26 bits per heavy atom. The van der Waals surface area contributed by atoms with Gasteiger partial charge in [0.05, 0.1) is 5.56 Å². The third-order valence-corrected chi connectivity index (χ3v) is 6.24. The largest absolute Gasteiger partial charge is 0.423 e. The summed E-state index contributed by atoms with van der Waals surface area (Å²) in [6.45, 7) is 1.92. The smallest absolute Gasteiger partial charge is 0.418 e. The maximum atomic E-state index is 13.7. The van der Waals surface area contributed by atoms with Crippen molar-refractivity contribution in [3.8, 4) is 10.6 Å². The number of fused-ring (bicyclic) bond motifs is 1. The lowest BCUT2D eigenvalue weighted by molar-refractivity contribution is -0.258. The quantitative estimate of drug-likeness (QED) is 0.393. The molecule has 13 heteroatoms. The fourth-order valence-corrected chi connectivity index (χ4v) is 4.57. The van der Waals surface area contributed by atoms with Crippen molar-refractivity contribution in [2.75, 3.05) is 31.1 Å². The topological polar surface area (TPSA) is 63.4 Å². The van der Waals surface area contributed by atoms with E-state index in [1.54, 1.807) is 5.38 Å². The van der Waals surface area contributed by atoms with E-state index in [1.165, 1.54) is 6.20 Å². The van der Waals surface area contributed by atoms with E-state index in [2.05, 4.69) is 20.0 Å². The van der Waals surface area contributed by atoms with Crippen molar-refractivity contribution >= 4 is 28.5 Å². The Labute approximate surface area is 194 Å². The second-order valence-corrected chi connectivity index (χ2v) is 8.82. The summed E-state index contributed by atoms with van der Waals surface area (Å²) in [6.07, 6.45) is -9.28. The van der Waals surface area contributed by atoms with Gasteiger partial charge in [-0.15, -0.1) is 11.3 Å². The molecule has 0 aliphatic carbocycles. The highest BCUT2D eigenvalue weighted by Crippen LogP contribution is 2.42. The van der Waals surface area contributed by atoms with Crippen LogP contribution in [0.5, 0.6) is 0 Å². The molecule has 0 bridgehead atoms. The predicted octanol–water partition coefficient (Wildman–Crippen LogP) is 5.71. The zero-order valence-corrected chi connectivity index (χ0v) is 18.9. The minimum absolute atomic E-state index is 0.0837. The van der Waals surface area contributed by atoms with Crippen LogP contribution >= 0.6 is 11.3 Å². The zero-order chi connectivity index (χ0) is 24.5. The number of likely N-dealkylation sites (N-methyl/N-ethyl adjacent to an activating group) is 1. The summed E-state index contributed by atoms with van der Waals surface area (Å²) >= 11 is 1.16. The second kappa shape index (κ2) is 9.70. The van der Waals surface area contributed by atoms with Gasteiger partial charge in [-0.1, -0.05) is 0 Å². The molecular formula is C21H22F6N4O2S. The fourth-order valence-electron chi connectivity index (χ4n) is 3.92. The standard InChI is InChI=1S/C21H22F6N4O2S/c1-2-31(10-13-4-3-5-28-13)19-30-15-9-12(17(21(25,26)27)32-11-20(22,23)24)8-14(16(15)33-19)18-29-6-7-34-18/h6-9,13,17,28H,2-5,10-11H2,1H3. The van der Waals surface area contributed by atoms with Crippen molar-refractivity contribution in [1.82, 2.24) is 15.3 Å². The Hall–Kier alpha value is -2.38. The number of oxazole rings is 1. The van der Waals surface area contributed by atoms with Gasteiger partial charge in [0.2, 0.25) is 0 Å². The van der Waals surface area contributed by atoms with Gasteiger partial charge in [0.25, 0.3) is 6.01 Å². The predicted molar refractivity (Wildman–Crippen MR) is 115 cm³/mol. The minimum Gasteiger partial charge on any atom is -0.423 e. The maximum absolute atomic E-state index is 13.7. The van der Waals surface area contributed by atoms with Gasteiger partial charge in [-0.2, -0.15) is 31.3 Å². The van der Waals surface area contributed by atoms with Gasteiger partial charge in [0.1, 0.15) is 17.1 Å². The number of nitrogens with zero attached hydrogens (tertiary/aromatic N) is 3. The van der Waals surface area contributed by atoms with E-state index in [-0.39, 0.29) is 28.7 Å². The molecular weight excluding hydrogens is 486 g/mol. The third kappa shape index (κ3) is 5.63. The molecule has 0 amide bonds. The van der Waals surface area contributed by atoms with Crippen molar-refractivity contribution in [3.63, 3.8) is 0 Å². The van der Waals surface area contributed by atoms with E-state index in [1.807, 2.05) is 11.8 Å². The van der Waals surface area contributed by atoms with Crippen LogP contribution in [-0.2, 0) is 4.74 Å². The van der Waals surface area contributed by atoms with Gasteiger partial charge in [-0.25, -0.2) is 4.98 Å². The first-order valence-corrected chi connectivity index (χ1v) is 11.5. The van der Waals surface area contributed by atoms with E-state index in [4.69, 9.17) is 4.42 Å². The number of hydrogen-bond donors (Lipinski definition) is 1. The molecule has 0 saturated carbocycles. The molecule has 1 saturated heterocycles. The van der Waals surface area contributed by atoms with Gasteiger partial charge >= 0.3 is 12.4 Å². The first-order chi connectivity index (χ1) is 16.0. The van der Waals surface area contributed by atoms with Crippen molar-refractivity contribution in [3.05, 3.63) is 29.3 Å². The summed E-state index contributed by atoms with van der Waals surface area (Å²) in [5.74, 6) is 0. The van der Waals surface area contributed by atoms with E-state index < -0.39 is 30.6 Å². The highest BCUT2D eigenvalue weighted by Gasteiger charge is 2.45. The van der Waals surface area contributed by atoms with Gasteiger partial charge < -0.3 is 19.4 Å². The zero-order valence-electron chi connectivity index (χ0n) is 18.0. The Kier molecular flexibility index (Phi) is 7.06. The molecule has 0 spiro atoms. The van der Waals surface area contributed by atoms with Crippen LogP contribution in [0.25, 0.3) is 21.7 Å². The van der Waals surface area contributed by atoms with Crippen LogP contribution in [0.4, 0.5) is 32.4 Å². The average molecular weight is 508 g/mol. The first-order valence-electron chi connectivity index (χ1n) is 10.6. The lowest BCUT2D eigenvalue weighted by Crippen LogP contribution is -2.37. The van der Waals surface area contributed by atoms with Crippen LogP contribution in [0.2, 0.25) is 0 Å². The van der Waals surface area contributed by atoms with Gasteiger partial charge in [0.15, 0.2) is 11.7 Å². The number of ether oxygens (including phenoxy) is 1. The highest BCUT2D eigenvalue weighted by atomic mass is 32.1. The molecule has 1 fully saturated rings. The number of hydrogen-bond acceptors (Lipinski definition) is 7. The Morgan fingerprint density at radius 3 is 2.65 bits per heavy atom. The molecule has 1 N–H and O–H groups in total. The van der Waals surface area contributed by atoms with Crippen molar-refractivity contribution < 1.29 is 35.5 Å². The monoisotopic (exact) mass is 508 g/mol. The van der Waals surface area contributed by atoms with Crippen LogP contribution in [0.15, 0.2) is 28.1 Å². The molecule has 186 valence electrons. The number of thiazole rings is 1. The summed E-state index contributed by atoms with van der Waals surface area (Å²) in [6, 6.07) is 2.63. The fraction of sp³-hybridized carbons (Fsp3) is 0.524. The summed E-state index contributed by atoms with van der Waals surface area (Å²) in [7, 11) is 0. The Balaban J connectivity index is 1.77. The average Bonchev–Trinajstić information content (AvgIpc) is 3.51. The molecule has 6 nitrogen and oxygen atoms in total. The van der Waals surface area contributed by atoms with E-state index >= 15 is 0 Å². The maximum Gasteiger partial charge on any atom is 0.418 e. The summed E-state index contributed by atoms with van der Waals surface area (Å²) in [4.78, 5) is 10.4. The molecule has 3 heterocycles. The number of rotatable bonds is 8. The van der Waals surface area contributed by atoms with Crippen LogP contribution in [0, 0.1) is 0 Å². The Bertz CT molecular complexity index is 1090. The molecule has 1 aliphatic heterocycles. The van der Waals surface area contributed by atoms with Crippen LogP contribution in [-0.4, -0.2) is 54.6 Å².